The van der Waals surface area contributed by atoms with Crippen molar-refractivity contribution in [2.75, 3.05) is 13.7 Å². The van der Waals surface area contributed by atoms with E-state index in [9.17, 15) is 9.59 Å². The van der Waals surface area contributed by atoms with Gasteiger partial charge in [0.2, 0.25) is 5.91 Å². The van der Waals surface area contributed by atoms with Gasteiger partial charge in [-0.05, 0) is 48.9 Å². The zero-order valence-electron chi connectivity index (χ0n) is 14.7. The third-order valence-corrected chi connectivity index (χ3v) is 4.58. The Balaban J connectivity index is 2.26. The molecule has 1 atom stereocenters. The van der Waals surface area contributed by atoms with Crippen LogP contribution in [-0.4, -0.2) is 35.5 Å². The van der Waals surface area contributed by atoms with Gasteiger partial charge in [-0.3, -0.25) is 9.59 Å². The molecule has 1 unspecified atom stereocenters. The Kier molecular flexibility index (Phi) is 6.23. The normalized spacial score (nSPS) is 16.6. The van der Waals surface area contributed by atoms with Crippen LogP contribution in [0.25, 0.3) is 0 Å². The van der Waals surface area contributed by atoms with E-state index in [1.54, 1.807) is 7.11 Å². The Morgan fingerprint density at radius 1 is 1.38 bits per heavy atom. The Hall–Kier alpha value is -2.04. The highest BCUT2D eigenvalue weighted by molar-refractivity contribution is 5.79. The van der Waals surface area contributed by atoms with Crippen molar-refractivity contribution in [3.8, 4) is 5.75 Å². The first-order valence-electron chi connectivity index (χ1n) is 8.63. The first-order valence-corrected chi connectivity index (χ1v) is 8.63. The number of carbonyl (C=O) groups excluding carboxylic acids is 1. The number of hydrogen-bond acceptors (Lipinski definition) is 3. The molecule has 2 rings (SSSR count). The van der Waals surface area contributed by atoms with E-state index in [-0.39, 0.29) is 24.3 Å². The van der Waals surface area contributed by atoms with Gasteiger partial charge in [0.15, 0.2) is 0 Å². The van der Waals surface area contributed by atoms with Crippen molar-refractivity contribution < 1.29 is 19.4 Å². The lowest BCUT2D eigenvalue weighted by Gasteiger charge is -2.37. The molecule has 1 aliphatic rings. The summed E-state index contributed by atoms with van der Waals surface area (Å²) in [7, 11) is 1.66. The summed E-state index contributed by atoms with van der Waals surface area (Å²) in [6, 6.07) is 6.07. The largest absolute Gasteiger partial charge is 0.497 e. The summed E-state index contributed by atoms with van der Waals surface area (Å²) in [6.45, 7) is 4.27. The van der Waals surface area contributed by atoms with Crippen molar-refractivity contribution in [1.29, 1.82) is 0 Å². The second-order valence-corrected chi connectivity index (χ2v) is 6.66. The zero-order chi connectivity index (χ0) is 17.7. The van der Waals surface area contributed by atoms with Crippen LogP contribution in [-0.2, 0) is 16.0 Å². The van der Waals surface area contributed by atoms with Crippen LogP contribution in [0.4, 0.5) is 0 Å². The summed E-state index contributed by atoms with van der Waals surface area (Å²) >= 11 is 0. The Morgan fingerprint density at radius 3 is 2.75 bits per heavy atom. The molecule has 5 heteroatoms. The minimum atomic E-state index is -0.819. The number of carboxylic acid groups (broad SMARTS) is 1. The van der Waals surface area contributed by atoms with E-state index in [1.165, 1.54) is 11.1 Å². The Labute approximate surface area is 143 Å². The molecule has 0 bridgehead atoms. The molecule has 0 radical (unpaired) electrons. The molecule has 1 aliphatic carbocycles. The van der Waals surface area contributed by atoms with Gasteiger partial charge < -0.3 is 14.7 Å². The molecule has 1 aromatic rings. The molecular weight excluding hydrogens is 306 g/mol. The van der Waals surface area contributed by atoms with Gasteiger partial charge in [0.05, 0.1) is 13.2 Å². The van der Waals surface area contributed by atoms with E-state index in [1.807, 2.05) is 24.8 Å². The number of aryl methyl sites for hydroxylation is 1. The number of hydrogen-bond donors (Lipinski definition) is 1. The molecule has 0 saturated carbocycles. The SMILES string of the molecule is COc1ccc2c(c1)CCCC2N(CCCC(=O)O)C(=O)C(C)C. The molecule has 5 nitrogen and oxygen atoms in total. The van der Waals surface area contributed by atoms with Crippen molar-refractivity contribution in [3.05, 3.63) is 29.3 Å². The zero-order valence-corrected chi connectivity index (χ0v) is 14.7. The average Bonchev–Trinajstić information content (AvgIpc) is 2.57. The fourth-order valence-corrected chi connectivity index (χ4v) is 3.37. The lowest BCUT2D eigenvalue weighted by Crippen LogP contribution is -2.39. The van der Waals surface area contributed by atoms with Crippen molar-refractivity contribution >= 4 is 11.9 Å². The van der Waals surface area contributed by atoms with Crippen molar-refractivity contribution in [2.45, 2.75) is 52.0 Å². The van der Waals surface area contributed by atoms with Crippen LogP contribution < -0.4 is 4.74 Å². The molecule has 0 aliphatic heterocycles. The van der Waals surface area contributed by atoms with Crippen LogP contribution in [0.2, 0.25) is 0 Å². The molecule has 1 aromatic carbocycles. The number of benzene rings is 1. The number of carbonyl (C=O) groups is 2. The van der Waals surface area contributed by atoms with Gasteiger partial charge >= 0.3 is 5.97 Å². The van der Waals surface area contributed by atoms with Gasteiger partial charge in [-0.2, -0.15) is 0 Å². The predicted molar refractivity (Wildman–Crippen MR) is 92.1 cm³/mol. The number of carboxylic acids is 1. The van der Waals surface area contributed by atoms with Crippen LogP contribution >= 0.6 is 0 Å². The molecule has 1 N–H and O–H groups in total. The number of amides is 1. The third-order valence-electron chi connectivity index (χ3n) is 4.58. The van der Waals surface area contributed by atoms with E-state index in [4.69, 9.17) is 9.84 Å². The summed E-state index contributed by atoms with van der Waals surface area (Å²) in [6.07, 6.45) is 3.50. The second kappa shape index (κ2) is 8.18. The van der Waals surface area contributed by atoms with Gasteiger partial charge in [-0.25, -0.2) is 0 Å². The molecule has 0 spiro atoms. The summed E-state index contributed by atoms with van der Waals surface area (Å²) in [5.74, 6) is 0.00949. The van der Waals surface area contributed by atoms with E-state index < -0.39 is 5.97 Å². The van der Waals surface area contributed by atoms with Crippen LogP contribution in [0.3, 0.4) is 0 Å². The molecule has 0 fully saturated rings. The topological polar surface area (TPSA) is 66.8 Å². The molecule has 132 valence electrons. The summed E-state index contributed by atoms with van der Waals surface area (Å²) in [5.41, 5.74) is 2.40. The third kappa shape index (κ3) is 4.28. The standard InChI is InChI=1S/C19H27NO4/c1-13(2)19(23)20(11-5-8-18(21)22)17-7-4-6-14-12-15(24-3)9-10-16(14)17/h9-10,12-13,17H,4-8,11H2,1-3H3,(H,21,22). The number of rotatable bonds is 7. The first kappa shape index (κ1) is 18.3. The number of ether oxygens (including phenoxy) is 1. The predicted octanol–water partition coefficient (Wildman–Crippen LogP) is 3.42. The quantitative estimate of drug-likeness (QED) is 0.830. The maximum atomic E-state index is 12.7. The van der Waals surface area contributed by atoms with Crippen LogP contribution in [0.15, 0.2) is 18.2 Å². The average molecular weight is 333 g/mol. The van der Waals surface area contributed by atoms with Crippen molar-refractivity contribution in [2.24, 2.45) is 5.92 Å². The monoisotopic (exact) mass is 333 g/mol. The summed E-state index contributed by atoms with van der Waals surface area (Å²) < 4.78 is 5.31. The highest BCUT2D eigenvalue weighted by atomic mass is 16.5. The van der Waals surface area contributed by atoms with E-state index in [2.05, 4.69) is 12.1 Å². The highest BCUT2D eigenvalue weighted by Crippen LogP contribution is 2.36. The van der Waals surface area contributed by atoms with Gasteiger partial charge in [0, 0.05) is 18.9 Å². The molecule has 24 heavy (non-hydrogen) atoms. The molecule has 0 aromatic heterocycles. The van der Waals surface area contributed by atoms with Crippen molar-refractivity contribution in [1.82, 2.24) is 4.90 Å². The smallest absolute Gasteiger partial charge is 0.303 e. The lowest BCUT2D eigenvalue weighted by atomic mass is 9.86. The summed E-state index contributed by atoms with van der Waals surface area (Å²) in [5, 5.41) is 8.88. The van der Waals surface area contributed by atoms with Crippen LogP contribution in [0, 0.1) is 5.92 Å². The highest BCUT2D eigenvalue weighted by Gasteiger charge is 2.30. The van der Waals surface area contributed by atoms with Crippen LogP contribution in [0.5, 0.6) is 5.75 Å². The fraction of sp³-hybridized carbons (Fsp3) is 0.579. The number of aliphatic carboxylic acids is 1. The van der Waals surface area contributed by atoms with Gasteiger partial charge in [-0.15, -0.1) is 0 Å². The molecule has 0 saturated heterocycles. The second-order valence-electron chi connectivity index (χ2n) is 6.66. The van der Waals surface area contributed by atoms with Crippen LogP contribution in [0.1, 0.15) is 56.7 Å². The minimum absolute atomic E-state index is 0.0309. The van der Waals surface area contributed by atoms with E-state index in [0.717, 1.165) is 25.0 Å². The summed E-state index contributed by atoms with van der Waals surface area (Å²) in [4.78, 5) is 25.4. The van der Waals surface area contributed by atoms with Crippen molar-refractivity contribution in [3.63, 3.8) is 0 Å². The lowest BCUT2D eigenvalue weighted by molar-refractivity contribution is -0.140. The molecular formula is C19H27NO4. The van der Waals surface area contributed by atoms with Gasteiger partial charge in [0.1, 0.15) is 5.75 Å². The van der Waals surface area contributed by atoms with E-state index in [0.29, 0.717) is 13.0 Å². The van der Waals surface area contributed by atoms with Gasteiger partial charge in [-0.1, -0.05) is 19.9 Å². The number of nitrogens with zero attached hydrogens (tertiary/aromatic N) is 1. The Bertz CT molecular complexity index is 597. The fourth-order valence-electron chi connectivity index (χ4n) is 3.37. The van der Waals surface area contributed by atoms with E-state index >= 15 is 0 Å². The van der Waals surface area contributed by atoms with Gasteiger partial charge in [0.25, 0.3) is 0 Å². The maximum absolute atomic E-state index is 12.7. The maximum Gasteiger partial charge on any atom is 0.303 e. The molecule has 1 amide bonds. The first-order chi connectivity index (χ1) is 11.4. The number of fused-ring (bicyclic) bond motifs is 1. The number of methoxy groups -OCH3 is 1. The Morgan fingerprint density at radius 2 is 2.12 bits per heavy atom. The minimum Gasteiger partial charge on any atom is -0.497 e. The molecule has 0 heterocycles.